The number of hydrogen-bond acceptors (Lipinski definition) is 4. The smallest absolute Gasteiger partial charge is 0.134 e. The van der Waals surface area contributed by atoms with Gasteiger partial charge in [-0.1, -0.05) is 37.6 Å². The molecule has 1 aromatic heterocycles. The fourth-order valence-corrected chi connectivity index (χ4v) is 2.47. The molecule has 0 aliphatic carbocycles. The van der Waals surface area contributed by atoms with Crippen molar-refractivity contribution in [1.82, 2.24) is 9.97 Å². The number of nitrogens with zero attached hydrogens (tertiary/aromatic N) is 2. The molecule has 0 fully saturated rings. The molecular formula is C17H24N4. The standard InChI is InChI=1S/C17H24N4/c1-4-7-15-16(18-3)20-12-21-17(15)19-11-10-14-9-6-5-8-13(14)2/h5-6,8-9,12H,4,7,10-11H2,1-3H3,(H2,18,19,20,21). The van der Waals surface area contributed by atoms with Crippen LogP contribution in [0.5, 0.6) is 0 Å². The molecule has 112 valence electrons. The predicted molar refractivity (Wildman–Crippen MR) is 88.9 cm³/mol. The van der Waals surface area contributed by atoms with Crippen LogP contribution in [-0.4, -0.2) is 23.6 Å². The van der Waals surface area contributed by atoms with E-state index in [0.29, 0.717) is 0 Å². The van der Waals surface area contributed by atoms with E-state index in [2.05, 4.69) is 58.7 Å². The summed E-state index contributed by atoms with van der Waals surface area (Å²) in [5.41, 5.74) is 3.89. The van der Waals surface area contributed by atoms with Crippen LogP contribution in [0.3, 0.4) is 0 Å². The molecule has 0 atom stereocenters. The molecule has 0 bridgehead atoms. The zero-order valence-electron chi connectivity index (χ0n) is 13.1. The van der Waals surface area contributed by atoms with Crippen molar-refractivity contribution >= 4 is 11.6 Å². The second-order valence-corrected chi connectivity index (χ2v) is 5.15. The highest BCUT2D eigenvalue weighted by Crippen LogP contribution is 2.21. The normalized spacial score (nSPS) is 10.4. The number of anilines is 2. The Morgan fingerprint density at radius 2 is 1.81 bits per heavy atom. The monoisotopic (exact) mass is 284 g/mol. The quantitative estimate of drug-likeness (QED) is 0.818. The van der Waals surface area contributed by atoms with Crippen LogP contribution < -0.4 is 10.6 Å². The summed E-state index contributed by atoms with van der Waals surface area (Å²) in [6, 6.07) is 8.51. The molecule has 2 aromatic rings. The van der Waals surface area contributed by atoms with E-state index >= 15 is 0 Å². The van der Waals surface area contributed by atoms with Crippen LogP contribution in [0.1, 0.15) is 30.0 Å². The maximum atomic E-state index is 4.40. The molecule has 0 amide bonds. The predicted octanol–water partition coefficient (Wildman–Crippen LogP) is 3.43. The molecule has 21 heavy (non-hydrogen) atoms. The van der Waals surface area contributed by atoms with Gasteiger partial charge in [-0.25, -0.2) is 9.97 Å². The lowest BCUT2D eigenvalue weighted by molar-refractivity contribution is 0.894. The Kier molecular flexibility index (Phi) is 5.55. The summed E-state index contributed by atoms with van der Waals surface area (Å²) >= 11 is 0. The van der Waals surface area contributed by atoms with E-state index < -0.39 is 0 Å². The minimum absolute atomic E-state index is 0.877. The number of rotatable bonds is 7. The summed E-state index contributed by atoms with van der Waals surface area (Å²) < 4.78 is 0. The van der Waals surface area contributed by atoms with Gasteiger partial charge in [0.15, 0.2) is 0 Å². The Hall–Kier alpha value is -2.10. The average Bonchev–Trinajstić information content (AvgIpc) is 2.51. The highest BCUT2D eigenvalue weighted by atomic mass is 15.1. The van der Waals surface area contributed by atoms with Crippen LogP contribution in [0.15, 0.2) is 30.6 Å². The third kappa shape index (κ3) is 3.94. The van der Waals surface area contributed by atoms with Crippen molar-refractivity contribution in [3.05, 3.63) is 47.3 Å². The first-order valence-electron chi connectivity index (χ1n) is 7.56. The van der Waals surface area contributed by atoms with E-state index in [-0.39, 0.29) is 0 Å². The zero-order chi connectivity index (χ0) is 15.1. The first kappa shape index (κ1) is 15.3. The van der Waals surface area contributed by atoms with Gasteiger partial charge in [0.05, 0.1) is 0 Å². The topological polar surface area (TPSA) is 49.8 Å². The summed E-state index contributed by atoms with van der Waals surface area (Å²) in [4.78, 5) is 8.69. The molecular weight excluding hydrogens is 260 g/mol. The highest BCUT2D eigenvalue weighted by molar-refractivity contribution is 5.57. The summed E-state index contributed by atoms with van der Waals surface area (Å²) in [7, 11) is 1.90. The lowest BCUT2D eigenvalue weighted by atomic mass is 10.1. The van der Waals surface area contributed by atoms with Gasteiger partial charge in [0.2, 0.25) is 0 Å². The van der Waals surface area contributed by atoms with Gasteiger partial charge in [-0.05, 0) is 30.9 Å². The number of aryl methyl sites for hydroxylation is 1. The van der Waals surface area contributed by atoms with E-state index in [1.165, 1.54) is 16.7 Å². The Morgan fingerprint density at radius 3 is 2.52 bits per heavy atom. The second-order valence-electron chi connectivity index (χ2n) is 5.15. The molecule has 4 heteroatoms. The Balaban J connectivity index is 2.04. The molecule has 0 saturated heterocycles. The number of aromatic nitrogens is 2. The highest BCUT2D eigenvalue weighted by Gasteiger charge is 2.09. The van der Waals surface area contributed by atoms with Crippen molar-refractivity contribution < 1.29 is 0 Å². The van der Waals surface area contributed by atoms with E-state index in [9.17, 15) is 0 Å². The van der Waals surface area contributed by atoms with Crippen LogP contribution in [0, 0.1) is 6.92 Å². The van der Waals surface area contributed by atoms with Gasteiger partial charge < -0.3 is 10.6 Å². The summed E-state index contributed by atoms with van der Waals surface area (Å²) in [5.74, 6) is 1.87. The fourth-order valence-electron chi connectivity index (χ4n) is 2.47. The van der Waals surface area contributed by atoms with Gasteiger partial charge >= 0.3 is 0 Å². The molecule has 1 aromatic carbocycles. The van der Waals surface area contributed by atoms with Crippen LogP contribution in [0.4, 0.5) is 11.6 Å². The number of nitrogens with one attached hydrogen (secondary N) is 2. The molecule has 0 aliphatic rings. The van der Waals surface area contributed by atoms with Crippen molar-refractivity contribution in [3.8, 4) is 0 Å². The second kappa shape index (κ2) is 7.62. The summed E-state index contributed by atoms with van der Waals surface area (Å²) in [5, 5.41) is 6.60. The molecule has 0 spiro atoms. The fraction of sp³-hybridized carbons (Fsp3) is 0.412. The minimum Gasteiger partial charge on any atom is -0.373 e. The van der Waals surface area contributed by atoms with Crippen LogP contribution >= 0.6 is 0 Å². The van der Waals surface area contributed by atoms with Crippen LogP contribution in [-0.2, 0) is 12.8 Å². The van der Waals surface area contributed by atoms with E-state index in [1.54, 1.807) is 6.33 Å². The summed E-state index contributed by atoms with van der Waals surface area (Å²) in [6.07, 6.45) is 4.66. The third-order valence-electron chi connectivity index (χ3n) is 3.63. The van der Waals surface area contributed by atoms with Crippen molar-refractivity contribution in [2.45, 2.75) is 33.1 Å². The van der Waals surface area contributed by atoms with Crippen molar-refractivity contribution in [1.29, 1.82) is 0 Å². The van der Waals surface area contributed by atoms with Crippen molar-refractivity contribution in [3.63, 3.8) is 0 Å². The van der Waals surface area contributed by atoms with Gasteiger partial charge in [-0.15, -0.1) is 0 Å². The number of benzene rings is 1. The lowest BCUT2D eigenvalue weighted by Gasteiger charge is -2.14. The Labute approximate surface area is 127 Å². The molecule has 2 rings (SSSR count). The minimum atomic E-state index is 0.877. The third-order valence-corrected chi connectivity index (χ3v) is 3.63. The largest absolute Gasteiger partial charge is 0.373 e. The molecule has 0 aliphatic heterocycles. The molecule has 0 saturated carbocycles. The Morgan fingerprint density at radius 1 is 1.05 bits per heavy atom. The lowest BCUT2D eigenvalue weighted by Crippen LogP contribution is -2.11. The first-order valence-corrected chi connectivity index (χ1v) is 7.56. The summed E-state index contributed by atoms with van der Waals surface area (Å²) in [6.45, 7) is 5.20. The van der Waals surface area contributed by atoms with Crippen molar-refractivity contribution in [2.24, 2.45) is 0 Å². The molecule has 0 radical (unpaired) electrons. The van der Waals surface area contributed by atoms with Gasteiger partial charge in [0.25, 0.3) is 0 Å². The Bertz CT molecular complexity index is 581. The molecule has 1 heterocycles. The zero-order valence-corrected chi connectivity index (χ0v) is 13.1. The van der Waals surface area contributed by atoms with Gasteiger partial charge in [-0.2, -0.15) is 0 Å². The number of hydrogen-bond donors (Lipinski definition) is 2. The maximum Gasteiger partial charge on any atom is 0.134 e. The maximum absolute atomic E-state index is 4.40. The first-order chi connectivity index (χ1) is 10.3. The van der Waals surface area contributed by atoms with Gasteiger partial charge in [0, 0.05) is 19.2 Å². The molecule has 4 nitrogen and oxygen atoms in total. The van der Waals surface area contributed by atoms with Crippen molar-refractivity contribution in [2.75, 3.05) is 24.2 Å². The molecule has 2 N–H and O–H groups in total. The van der Waals surface area contributed by atoms with Gasteiger partial charge in [-0.3, -0.25) is 0 Å². The van der Waals surface area contributed by atoms with Crippen LogP contribution in [0.25, 0.3) is 0 Å². The average molecular weight is 284 g/mol. The van der Waals surface area contributed by atoms with Crippen LogP contribution in [0.2, 0.25) is 0 Å². The van der Waals surface area contributed by atoms with E-state index in [0.717, 1.165) is 37.4 Å². The SMILES string of the molecule is CCCc1c(NC)ncnc1NCCc1ccccc1C. The van der Waals surface area contributed by atoms with E-state index in [4.69, 9.17) is 0 Å². The van der Waals surface area contributed by atoms with E-state index in [1.807, 2.05) is 7.05 Å². The van der Waals surface area contributed by atoms with Gasteiger partial charge in [0.1, 0.15) is 18.0 Å². The molecule has 0 unspecified atom stereocenters.